The standard InChI is InChI=1S/C8H16N4O2/c9-7(11-14)5-12-3-1-6(2-4-12)8(10)13/h6,14H,1-5H2,(H2,9,11)(H2,10,13). The molecule has 14 heavy (non-hydrogen) atoms. The predicted molar refractivity (Wildman–Crippen MR) is 51.8 cm³/mol. The molecule has 0 aromatic heterocycles. The summed E-state index contributed by atoms with van der Waals surface area (Å²) in [7, 11) is 0. The smallest absolute Gasteiger partial charge is 0.220 e. The zero-order valence-corrected chi connectivity index (χ0v) is 8.02. The largest absolute Gasteiger partial charge is 0.409 e. The third kappa shape index (κ3) is 2.88. The lowest BCUT2D eigenvalue weighted by atomic mass is 9.96. The van der Waals surface area contributed by atoms with Crippen molar-refractivity contribution < 1.29 is 10.0 Å². The van der Waals surface area contributed by atoms with E-state index in [0.717, 1.165) is 25.9 Å². The zero-order chi connectivity index (χ0) is 10.6. The molecule has 80 valence electrons. The first kappa shape index (κ1) is 10.8. The van der Waals surface area contributed by atoms with Gasteiger partial charge in [-0.15, -0.1) is 0 Å². The van der Waals surface area contributed by atoms with E-state index in [1.807, 2.05) is 4.90 Å². The summed E-state index contributed by atoms with van der Waals surface area (Å²) in [5, 5.41) is 11.3. The molecule has 0 saturated carbocycles. The number of nitrogens with two attached hydrogens (primary N) is 2. The Morgan fingerprint density at radius 2 is 2.00 bits per heavy atom. The summed E-state index contributed by atoms with van der Waals surface area (Å²) in [4.78, 5) is 12.9. The molecule has 6 heteroatoms. The second-order valence-corrected chi connectivity index (χ2v) is 3.54. The molecule has 0 radical (unpaired) electrons. The fraction of sp³-hybridized carbons (Fsp3) is 0.750. The van der Waals surface area contributed by atoms with Crippen LogP contribution in [0.3, 0.4) is 0 Å². The second kappa shape index (κ2) is 4.80. The van der Waals surface area contributed by atoms with Crippen molar-refractivity contribution in [3.05, 3.63) is 0 Å². The summed E-state index contributed by atoms with van der Waals surface area (Å²) in [6.07, 6.45) is 1.52. The number of hydrogen-bond donors (Lipinski definition) is 3. The molecule has 1 saturated heterocycles. The first-order valence-corrected chi connectivity index (χ1v) is 4.61. The van der Waals surface area contributed by atoms with Gasteiger partial charge in [0.2, 0.25) is 5.91 Å². The van der Waals surface area contributed by atoms with Crippen LogP contribution in [-0.4, -0.2) is 41.5 Å². The molecule has 1 heterocycles. The van der Waals surface area contributed by atoms with Gasteiger partial charge in [-0.25, -0.2) is 0 Å². The maximum atomic E-state index is 10.9. The number of likely N-dealkylation sites (tertiary alicyclic amines) is 1. The maximum absolute atomic E-state index is 10.9. The minimum Gasteiger partial charge on any atom is -0.409 e. The van der Waals surface area contributed by atoms with Crippen LogP contribution in [0, 0.1) is 5.92 Å². The average Bonchev–Trinajstić information content (AvgIpc) is 2.18. The van der Waals surface area contributed by atoms with Gasteiger partial charge in [-0.05, 0) is 25.9 Å². The van der Waals surface area contributed by atoms with Crippen LogP contribution < -0.4 is 11.5 Å². The number of oxime groups is 1. The Hall–Kier alpha value is -1.30. The lowest BCUT2D eigenvalue weighted by Gasteiger charge is -2.29. The number of carbonyl (C=O) groups is 1. The number of nitrogens with zero attached hydrogens (tertiary/aromatic N) is 2. The molecule has 1 fully saturated rings. The Morgan fingerprint density at radius 1 is 1.43 bits per heavy atom. The average molecular weight is 200 g/mol. The van der Waals surface area contributed by atoms with E-state index in [-0.39, 0.29) is 17.7 Å². The van der Waals surface area contributed by atoms with E-state index in [2.05, 4.69) is 5.16 Å². The van der Waals surface area contributed by atoms with Crippen LogP contribution in [0.5, 0.6) is 0 Å². The minimum absolute atomic E-state index is 0.0152. The highest BCUT2D eigenvalue weighted by atomic mass is 16.4. The highest BCUT2D eigenvalue weighted by molar-refractivity contribution is 5.81. The summed E-state index contributed by atoms with van der Waals surface area (Å²) in [5.74, 6) is -0.0467. The van der Waals surface area contributed by atoms with Crippen molar-refractivity contribution in [2.75, 3.05) is 19.6 Å². The number of rotatable bonds is 3. The molecule has 0 aliphatic carbocycles. The van der Waals surface area contributed by atoms with Gasteiger partial charge < -0.3 is 16.7 Å². The lowest BCUT2D eigenvalue weighted by Crippen LogP contribution is -2.42. The van der Waals surface area contributed by atoms with Gasteiger partial charge in [0.15, 0.2) is 5.84 Å². The summed E-state index contributed by atoms with van der Waals surface area (Å²) >= 11 is 0. The quantitative estimate of drug-likeness (QED) is 0.233. The molecule has 6 nitrogen and oxygen atoms in total. The highest BCUT2D eigenvalue weighted by Crippen LogP contribution is 2.15. The van der Waals surface area contributed by atoms with Crippen molar-refractivity contribution >= 4 is 11.7 Å². The minimum atomic E-state index is -0.228. The fourth-order valence-electron chi connectivity index (χ4n) is 1.64. The molecule has 5 N–H and O–H groups in total. The van der Waals surface area contributed by atoms with Crippen LogP contribution in [0.15, 0.2) is 5.16 Å². The van der Waals surface area contributed by atoms with Crippen LogP contribution in [0.25, 0.3) is 0 Å². The normalized spacial score (nSPS) is 21.0. The molecule has 0 unspecified atom stereocenters. The third-order valence-electron chi connectivity index (χ3n) is 2.50. The molecule has 0 aromatic rings. The molecule has 0 aromatic carbocycles. The SMILES string of the molecule is NC(=O)C1CCN(CC(N)=NO)CC1. The number of hydrogen-bond acceptors (Lipinski definition) is 4. The van der Waals surface area contributed by atoms with Crippen molar-refractivity contribution in [1.29, 1.82) is 0 Å². The van der Waals surface area contributed by atoms with Crippen LogP contribution in [0.1, 0.15) is 12.8 Å². The van der Waals surface area contributed by atoms with Crippen molar-refractivity contribution in [2.45, 2.75) is 12.8 Å². The van der Waals surface area contributed by atoms with Crippen molar-refractivity contribution in [3.8, 4) is 0 Å². The lowest BCUT2D eigenvalue weighted by molar-refractivity contribution is -0.123. The van der Waals surface area contributed by atoms with E-state index in [4.69, 9.17) is 16.7 Å². The van der Waals surface area contributed by atoms with Gasteiger partial charge >= 0.3 is 0 Å². The summed E-state index contributed by atoms with van der Waals surface area (Å²) in [6.45, 7) is 1.98. The van der Waals surface area contributed by atoms with Gasteiger partial charge in [-0.2, -0.15) is 0 Å². The van der Waals surface area contributed by atoms with Gasteiger partial charge in [0, 0.05) is 5.92 Å². The van der Waals surface area contributed by atoms with E-state index in [0.29, 0.717) is 6.54 Å². The van der Waals surface area contributed by atoms with Crippen molar-refractivity contribution in [3.63, 3.8) is 0 Å². The third-order valence-corrected chi connectivity index (χ3v) is 2.50. The van der Waals surface area contributed by atoms with Crippen LogP contribution in [0.2, 0.25) is 0 Å². The Balaban J connectivity index is 2.32. The highest BCUT2D eigenvalue weighted by Gasteiger charge is 2.23. The number of carbonyl (C=O) groups excluding carboxylic acids is 1. The van der Waals surface area contributed by atoms with Gasteiger partial charge in [0.1, 0.15) is 0 Å². The van der Waals surface area contributed by atoms with Crippen LogP contribution in [0.4, 0.5) is 0 Å². The number of amides is 1. The van der Waals surface area contributed by atoms with Gasteiger partial charge in [-0.3, -0.25) is 9.69 Å². The van der Waals surface area contributed by atoms with E-state index >= 15 is 0 Å². The molecular formula is C8H16N4O2. The van der Waals surface area contributed by atoms with Crippen LogP contribution >= 0.6 is 0 Å². The monoisotopic (exact) mass is 200 g/mol. The number of piperidine rings is 1. The summed E-state index contributed by atoms with van der Waals surface area (Å²) < 4.78 is 0. The van der Waals surface area contributed by atoms with Crippen molar-refractivity contribution in [2.24, 2.45) is 22.5 Å². The molecule has 0 spiro atoms. The van der Waals surface area contributed by atoms with Gasteiger partial charge in [0.05, 0.1) is 6.54 Å². The van der Waals surface area contributed by atoms with Crippen LogP contribution in [-0.2, 0) is 4.79 Å². The number of amidine groups is 1. The second-order valence-electron chi connectivity index (χ2n) is 3.54. The summed E-state index contributed by atoms with van der Waals surface area (Å²) in [5.41, 5.74) is 10.6. The Morgan fingerprint density at radius 3 is 2.43 bits per heavy atom. The number of primary amides is 1. The fourth-order valence-corrected chi connectivity index (χ4v) is 1.64. The van der Waals surface area contributed by atoms with Gasteiger partial charge in [0.25, 0.3) is 0 Å². The van der Waals surface area contributed by atoms with Gasteiger partial charge in [-0.1, -0.05) is 5.16 Å². The molecule has 0 bridgehead atoms. The van der Waals surface area contributed by atoms with E-state index in [1.165, 1.54) is 0 Å². The molecule has 1 amide bonds. The molecule has 0 atom stereocenters. The molecule has 1 rings (SSSR count). The first-order chi connectivity index (χ1) is 6.63. The zero-order valence-electron chi connectivity index (χ0n) is 8.02. The molecular weight excluding hydrogens is 184 g/mol. The Bertz CT molecular complexity index is 233. The van der Waals surface area contributed by atoms with E-state index < -0.39 is 0 Å². The topological polar surface area (TPSA) is 105 Å². The van der Waals surface area contributed by atoms with E-state index in [9.17, 15) is 4.79 Å². The summed E-state index contributed by atoms with van der Waals surface area (Å²) in [6, 6.07) is 0. The Labute approximate surface area is 82.5 Å². The first-order valence-electron chi connectivity index (χ1n) is 4.61. The molecule has 1 aliphatic heterocycles. The van der Waals surface area contributed by atoms with Crippen molar-refractivity contribution in [1.82, 2.24) is 4.90 Å². The Kier molecular flexibility index (Phi) is 3.70. The molecule has 1 aliphatic rings. The predicted octanol–water partition coefficient (Wildman–Crippen LogP) is -1.07. The maximum Gasteiger partial charge on any atom is 0.220 e. The van der Waals surface area contributed by atoms with E-state index in [1.54, 1.807) is 0 Å².